The van der Waals surface area contributed by atoms with Crippen LogP contribution < -0.4 is 5.73 Å². The molecule has 1 unspecified atom stereocenters. The summed E-state index contributed by atoms with van der Waals surface area (Å²) in [5.41, 5.74) is 4.87. The van der Waals surface area contributed by atoms with Crippen LogP contribution in [0, 0.1) is 5.92 Å². The average molecular weight is 265 g/mol. The zero-order valence-corrected chi connectivity index (χ0v) is 11.7. The highest BCUT2D eigenvalue weighted by Gasteiger charge is 2.26. The molecule has 1 aromatic rings. The lowest BCUT2D eigenvalue weighted by molar-refractivity contribution is 0.0434. The molecule has 0 aliphatic carbocycles. The summed E-state index contributed by atoms with van der Waals surface area (Å²) in [5.74, 6) is 1.78. The van der Waals surface area contributed by atoms with Gasteiger partial charge in [-0.3, -0.25) is 0 Å². The van der Waals surface area contributed by atoms with E-state index < -0.39 is 5.60 Å². The van der Waals surface area contributed by atoms with Gasteiger partial charge in [0.15, 0.2) is 5.96 Å². The molecule has 5 nitrogen and oxygen atoms in total. The van der Waals surface area contributed by atoms with Gasteiger partial charge in [-0.05, 0) is 37.8 Å². The van der Waals surface area contributed by atoms with Crippen LogP contribution in [0.5, 0.6) is 0 Å². The smallest absolute Gasteiger partial charge is 0.191 e. The highest BCUT2D eigenvalue weighted by molar-refractivity contribution is 5.78. The Morgan fingerprint density at radius 1 is 1.58 bits per heavy atom. The minimum absolute atomic E-state index is 0.207. The third-order valence-corrected chi connectivity index (χ3v) is 3.71. The predicted molar refractivity (Wildman–Crippen MR) is 74.7 cm³/mol. The molecule has 1 saturated heterocycles. The molecular formula is C14H23N3O2. The molecule has 0 saturated carbocycles. The van der Waals surface area contributed by atoms with Gasteiger partial charge in [-0.1, -0.05) is 6.92 Å². The Bertz CT molecular complexity index is 418. The highest BCUT2D eigenvalue weighted by atomic mass is 16.4. The van der Waals surface area contributed by atoms with E-state index in [0.717, 1.165) is 31.8 Å². The molecule has 1 aliphatic heterocycles. The first-order chi connectivity index (χ1) is 8.99. The molecule has 19 heavy (non-hydrogen) atoms. The van der Waals surface area contributed by atoms with Gasteiger partial charge < -0.3 is 20.2 Å². The summed E-state index contributed by atoms with van der Waals surface area (Å²) in [6.45, 7) is 6.03. The minimum atomic E-state index is -1.11. The maximum Gasteiger partial charge on any atom is 0.191 e. The monoisotopic (exact) mass is 265 g/mol. The Labute approximate surface area is 114 Å². The van der Waals surface area contributed by atoms with E-state index in [1.54, 1.807) is 25.3 Å². The fraction of sp³-hybridized carbons (Fsp3) is 0.643. The molecule has 2 rings (SSSR count). The molecule has 1 aromatic heterocycles. The lowest BCUT2D eigenvalue weighted by Gasteiger charge is -2.31. The first-order valence-corrected chi connectivity index (χ1v) is 6.80. The summed E-state index contributed by atoms with van der Waals surface area (Å²) in [6, 6.07) is 3.50. The predicted octanol–water partition coefficient (Wildman–Crippen LogP) is 1.53. The number of furan rings is 1. The lowest BCUT2D eigenvalue weighted by Crippen LogP contribution is -2.43. The van der Waals surface area contributed by atoms with Crippen LogP contribution in [-0.2, 0) is 5.60 Å². The summed E-state index contributed by atoms with van der Waals surface area (Å²) < 4.78 is 5.22. The van der Waals surface area contributed by atoms with E-state index in [2.05, 4.69) is 16.8 Å². The van der Waals surface area contributed by atoms with Gasteiger partial charge in [-0.15, -0.1) is 0 Å². The molecule has 0 spiro atoms. The quantitative estimate of drug-likeness (QED) is 0.642. The van der Waals surface area contributed by atoms with Crippen LogP contribution >= 0.6 is 0 Å². The number of guanidine groups is 1. The minimum Gasteiger partial charge on any atom is -0.466 e. The molecule has 0 amide bonds. The fourth-order valence-corrected chi connectivity index (χ4v) is 2.24. The van der Waals surface area contributed by atoms with E-state index in [-0.39, 0.29) is 6.54 Å². The van der Waals surface area contributed by atoms with Crippen LogP contribution in [0.2, 0.25) is 0 Å². The van der Waals surface area contributed by atoms with Gasteiger partial charge in [0.2, 0.25) is 0 Å². The normalized spacial score (nSPS) is 21.4. The van der Waals surface area contributed by atoms with Crippen molar-refractivity contribution in [2.45, 2.75) is 32.3 Å². The number of hydrogen-bond acceptors (Lipinski definition) is 3. The Hall–Kier alpha value is -1.49. The summed E-state index contributed by atoms with van der Waals surface area (Å²) in [7, 11) is 0. The molecule has 2 heterocycles. The largest absolute Gasteiger partial charge is 0.466 e. The van der Waals surface area contributed by atoms with Crippen LogP contribution in [0.25, 0.3) is 0 Å². The van der Waals surface area contributed by atoms with E-state index in [1.807, 2.05) is 0 Å². The zero-order valence-electron chi connectivity index (χ0n) is 11.7. The second-order valence-corrected chi connectivity index (χ2v) is 5.60. The zero-order chi connectivity index (χ0) is 13.9. The van der Waals surface area contributed by atoms with Gasteiger partial charge in [-0.2, -0.15) is 0 Å². The number of aliphatic hydroxyl groups is 1. The number of hydrogen-bond donors (Lipinski definition) is 2. The van der Waals surface area contributed by atoms with Crippen molar-refractivity contribution in [1.29, 1.82) is 0 Å². The van der Waals surface area contributed by atoms with Gasteiger partial charge in [-0.25, -0.2) is 4.99 Å². The Morgan fingerprint density at radius 3 is 2.84 bits per heavy atom. The SMILES string of the molecule is CC1CCN(C(N)=NCC(C)(O)c2ccco2)CC1. The first-order valence-electron chi connectivity index (χ1n) is 6.80. The molecule has 0 aromatic carbocycles. The van der Waals surface area contributed by atoms with Gasteiger partial charge >= 0.3 is 0 Å². The number of aliphatic imine (C=N–C) groups is 1. The van der Waals surface area contributed by atoms with Crippen molar-refractivity contribution in [3.05, 3.63) is 24.2 Å². The van der Waals surface area contributed by atoms with Gasteiger partial charge in [0.1, 0.15) is 11.4 Å². The number of nitrogens with zero attached hydrogens (tertiary/aromatic N) is 2. The molecule has 1 fully saturated rings. The molecule has 1 aliphatic rings. The van der Waals surface area contributed by atoms with Crippen molar-refractivity contribution < 1.29 is 9.52 Å². The van der Waals surface area contributed by atoms with Crippen LogP contribution in [0.3, 0.4) is 0 Å². The van der Waals surface area contributed by atoms with Crippen LogP contribution in [0.4, 0.5) is 0 Å². The number of rotatable bonds is 3. The number of piperidine rings is 1. The van der Waals surface area contributed by atoms with E-state index in [1.165, 1.54) is 0 Å². The summed E-state index contributed by atoms with van der Waals surface area (Å²) >= 11 is 0. The topological polar surface area (TPSA) is 75.0 Å². The molecule has 5 heteroatoms. The highest BCUT2D eigenvalue weighted by Crippen LogP contribution is 2.21. The van der Waals surface area contributed by atoms with Gasteiger partial charge in [0.05, 0.1) is 12.8 Å². The van der Waals surface area contributed by atoms with Gasteiger partial charge in [0.25, 0.3) is 0 Å². The van der Waals surface area contributed by atoms with Gasteiger partial charge in [0, 0.05) is 13.1 Å². The second-order valence-electron chi connectivity index (χ2n) is 5.60. The maximum atomic E-state index is 10.3. The molecular weight excluding hydrogens is 242 g/mol. The third kappa shape index (κ3) is 3.50. The average Bonchev–Trinajstić information content (AvgIpc) is 2.91. The van der Waals surface area contributed by atoms with Crippen molar-refractivity contribution in [1.82, 2.24) is 4.90 Å². The summed E-state index contributed by atoms with van der Waals surface area (Å²) in [6.07, 6.45) is 3.83. The Balaban J connectivity index is 1.94. The number of nitrogens with two attached hydrogens (primary N) is 1. The van der Waals surface area contributed by atoms with Crippen molar-refractivity contribution >= 4 is 5.96 Å². The van der Waals surface area contributed by atoms with Crippen LogP contribution in [-0.4, -0.2) is 35.6 Å². The number of likely N-dealkylation sites (tertiary alicyclic amines) is 1. The molecule has 3 N–H and O–H groups in total. The summed E-state index contributed by atoms with van der Waals surface area (Å²) in [4.78, 5) is 6.39. The van der Waals surface area contributed by atoms with E-state index in [4.69, 9.17) is 10.2 Å². The second kappa shape index (κ2) is 5.65. The van der Waals surface area contributed by atoms with Crippen LogP contribution in [0.1, 0.15) is 32.4 Å². The van der Waals surface area contributed by atoms with E-state index in [0.29, 0.717) is 11.7 Å². The molecule has 1 atom stereocenters. The first kappa shape index (κ1) is 13.9. The fourth-order valence-electron chi connectivity index (χ4n) is 2.24. The lowest BCUT2D eigenvalue weighted by atomic mass is 9.99. The van der Waals surface area contributed by atoms with E-state index >= 15 is 0 Å². The Morgan fingerprint density at radius 2 is 2.26 bits per heavy atom. The van der Waals surface area contributed by atoms with Crippen molar-refractivity contribution in [2.75, 3.05) is 19.6 Å². The van der Waals surface area contributed by atoms with E-state index in [9.17, 15) is 5.11 Å². The standard InChI is InChI=1S/C14H23N3O2/c1-11-5-7-17(8-6-11)13(15)16-10-14(2,18)12-4-3-9-19-12/h3-4,9,11,18H,5-8,10H2,1-2H3,(H2,15,16). The molecule has 0 bridgehead atoms. The van der Waals surface area contributed by atoms with Crippen molar-refractivity contribution in [3.8, 4) is 0 Å². The van der Waals surface area contributed by atoms with Crippen LogP contribution in [0.15, 0.2) is 27.8 Å². The summed E-state index contributed by atoms with van der Waals surface area (Å²) in [5, 5.41) is 10.3. The van der Waals surface area contributed by atoms with Crippen molar-refractivity contribution in [2.24, 2.45) is 16.6 Å². The molecule has 106 valence electrons. The third-order valence-electron chi connectivity index (χ3n) is 3.71. The maximum absolute atomic E-state index is 10.3. The van der Waals surface area contributed by atoms with Crippen molar-refractivity contribution in [3.63, 3.8) is 0 Å². The Kier molecular flexibility index (Phi) is 4.14. The molecule has 0 radical (unpaired) electrons.